The fourth-order valence-corrected chi connectivity index (χ4v) is 3.36. The summed E-state index contributed by atoms with van der Waals surface area (Å²) >= 11 is 0. The minimum absolute atomic E-state index is 0.0591. The average Bonchev–Trinajstić information content (AvgIpc) is 2.86. The molecule has 2 N–H and O–H groups in total. The zero-order valence-corrected chi connectivity index (χ0v) is 11.9. The lowest BCUT2D eigenvalue weighted by molar-refractivity contribution is -0.117. The highest BCUT2D eigenvalue weighted by molar-refractivity contribution is 5.90. The average molecular weight is 293 g/mol. The van der Waals surface area contributed by atoms with Gasteiger partial charge in [-0.2, -0.15) is 0 Å². The van der Waals surface area contributed by atoms with Gasteiger partial charge in [-0.15, -0.1) is 0 Å². The second-order valence-electron chi connectivity index (χ2n) is 6.00. The molecular weight excluding hydrogens is 273 g/mol. The number of anilines is 1. The Morgan fingerprint density at radius 3 is 2.86 bits per heavy atom. The van der Waals surface area contributed by atoms with Gasteiger partial charge < -0.3 is 15.2 Å². The van der Waals surface area contributed by atoms with E-state index in [1.165, 1.54) is 12.1 Å². The molecule has 1 aliphatic carbocycles. The summed E-state index contributed by atoms with van der Waals surface area (Å²) in [5.74, 6) is -1.25. The van der Waals surface area contributed by atoms with Crippen LogP contribution >= 0.6 is 0 Å². The van der Waals surface area contributed by atoms with Gasteiger partial charge in [0.1, 0.15) is 11.9 Å². The molecule has 1 aromatic carbocycles. The summed E-state index contributed by atoms with van der Waals surface area (Å²) in [5.41, 5.74) is 5.59. The monoisotopic (exact) mass is 293 g/mol. The van der Waals surface area contributed by atoms with E-state index in [2.05, 4.69) is 0 Å². The molecule has 1 aromatic rings. The Hall–Kier alpha value is -1.62. The van der Waals surface area contributed by atoms with Crippen molar-refractivity contribution in [2.24, 2.45) is 0 Å². The van der Waals surface area contributed by atoms with Gasteiger partial charge in [0.05, 0.1) is 17.8 Å². The minimum atomic E-state index is -0.636. The number of hydrogen-bond donors (Lipinski definition) is 1. The molecule has 1 aliphatic heterocycles. The van der Waals surface area contributed by atoms with Crippen LogP contribution in [-0.2, 0) is 9.47 Å². The van der Waals surface area contributed by atoms with Gasteiger partial charge in [0, 0.05) is 18.5 Å². The molecule has 1 spiro atoms. The van der Waals surface area contributed by atoms with Crippen molar-refractivity contribution in [1.29, 1.82) is 0 Å². The molecule has 1 heterocycles. The van der Waals surface area contributed by atoms with Gasteiger partial charge in [-0.05, 0) is 31.0 Å². The van der Waals surface area contributed by atoms with Gasteiger partial charge in [0.2, 0.25) is 0 Å². The van der Waals surface area contributed by atoms with E-state index in [0.717, 1.165) is 38.2 Å². The third-order valence-corrected chi connectivity index (χ3v) is 4.45. The van der Waals surface area contributed by atoms with Crippen molar-refractivity contribution < 1.29 is 18.7 Å². The molecule has 0 aromatic heterocycles. The fraction of sp³-hybridized carbons (Fsp3) is 0.562. The van der Waals surface area contributed by atoms with Gasteiger partial charge in [-0.1, -0.05) is 12.8 Å². The first-order valence-corrected chi connectivity index (χ1v) is 7.48. The molecule has 21 heavy (non-hydrogen) atoms. The summed E-state index contributed by atoms with van der Waals surface area (Å²) in [5, 5.41) is 0. The van der Waals surface area contributed by atoms with Crippen LogP contribution in [0.4, 0.5) is 10.1 Å². The molecule has 1 atom stereocenters. The van der Waals surface area contributed by atoms with Crippen LogP contribution in [0.1, 0.15) is 48.9 Å². The first kappa shape index (κ1) is 14.3. The largest absolute Gasteiger partial charge is 0.458 e. The van der Waals surface area contributed by atoms with Crippen LogP contribution in [0.2, 0.25) is 0 Å². The van der Waals surface area contributed by atoms with E-state index in [-0.39, 0.29) is 17.3 Å². The van der Waals surface area contributed by atoms with Gasteiger partial charge >= 0.3 is 5.97 Å². The summed E-state index contributed by atoms with van der Waals surface area (Å²) in [6, 6.07) is 4.01. The molecule has 1 saturated carbocycles. The Kier molecular flexibility index (Phi) is 3.85. The predicted molar refractivity (Wildman–Crippen MR) is 76.4 cm³/mol. The van der Waals surface area contributed by atoms with Crippen molar-refractivity contribution in [3.8, 4) is 0 Å². The van der Waals surface area contributed by atoms with Crippen LogP contribution < -0.4 is 5.73 Å². The lowest BCUT2D eigenvalue weighted by Crippen LogP contribution is -2.41. The Morgan fingerprint density at radius 1 is 1.38 bits per heavy atom. The summed E-state index contributed by atoms with van der Waals surface area (Å²) in [6.07, 6.45) is 5.57. The van der Waals surface area contributed by atoms with E-state index in [1.54, 1.807) is 0 Å². The summed E-state index contributed by atoms with van der Waals surface area (Å²) < 4.78 is 25.1. The molecule has 0 bridgehead atoms. The molecular formula is C16H20FNO3. The van der Waals surface area contributed by atoms with Crippen molar-refractivity contribution in [3.63, 3.8) is 0 Å². The van der Waals surface area contributed by atoms with Crippen LogP contribution in [0.3, 0.4) is 0 Å². The van der Waals surface area contributed by atoms with Crippen molar-refractivity contribution in [3.05, 3.63) is 29.6 Å². The number of nitrogens with two attached hydrogens (primary N) is 1. The van der Waals surface area contributed by atoms with Crippen molar-refractivity contribution >= 4 is 11.7 Å². The van der Waals surface area contributed by atoms with Crippen LogP contribution in [0.5, 0.6) is 0 Å². The third-order valence-electron chi connectivity index (χ3n) is 4.45. The lowest BCUT2D eigenvalue weighted by atomic mass is 9.90. The van der Waals surface area contributed by atoms with E-state index < -0.39 is 11.8 Å². The Balaban J connectivity index is 1.67. The van der Waals surface area contributed by atoms with E-state index in [9.17, 15) is 9.18 Å². The highest BCUT2D eigenvalue weighted by Crippen LogP contribution is 2.40. The summed E-state index contributed by atoms with van der Waals surface area (Å²) in [7, 11) is 0. The zero-order chi connectivity index (χ0) is 14.9. The molecule has 0 radical (unpaired) electrons. The van der Waals surface area contributed by atoms with Crippen LogP contribution in [0.15, 0.2) is 18.2 Å². The first-order chi connectivity index (χ1) is 10.1. The van der Waals surface area contributed by atoms with Gasteiger partial charge in [-0.3, -0.25) is 0 Å². The number of carbonyl (C=O) groups is 1. The molecule has 1 saturated heterocycles. The number of rotatable bonds is 2. The Labute approximate surface area is 123 Å². The molecule has 2 fully saturated rings. The number of nitrogen functional groups attached to an aromatic ring is 1. The maximum absolute atomic E-state index is 13.7. The topological polar surface area (TPSA) is 61.6 Å². The number of benzene rings is 1. The second kappa shape index (κ2) is 5.64. The molecule has 0 amide bonds. The van der Waals surface area contributed by atoms with Crippen molar-refractivity contribution in [1.82, 2.24) is 0 Å². The van der Waals surface area contributed by atoms with Crippen molar-refractivity contribution in [2.75, 3.05) is 12.3 Å². The normalized spacial score (nSPS) is 24.1. The molecule has 2 aliphatic rings. The maximum Gasteiger partial charge on any atom is 0.341 e. The minimum Gasteiger partial charge on any atom is -0.458 e. The predicted octanol–water partition coefficient (Wildman–Crippen LogP) is 3.06. The fourth-order valence-electron chi connectivity index (χ4n) is 3.36. The third kappa shape index (κ3) is 3.02. The molecule has 5 heteroatoms. The summed E-state index contributed by atoms with van der Waals surface area (Å²) in [4.78, 5) is 12.1. The zero-order valence-electron chi connectivity index (χ0n) is 11.9. The quantitative estimate of drug-likeness (QED) is 0.672. The number of ether oxygens (including phenoxy) is 2. The smallest absolute Gasteiger partial charge is 0.341 e. The second-order valence-corrected chi connectivity index (χ2v) is 6.00. The Bertz CT molecular complexity index is 540. The van der Waals surface area contributed by atoms with Crippen molar-refractivity contribution in [2.45, 2.75) is 50.2 Å². The lowest BCUT2D eigenvalue weighted by Gasteiger charge is -2.37. The van der Waals surface area contributed by atoms with E-state index in [1.807, 2.05) is 0 Å². The number of hydrogen-bond acceptors (Lipinski definition) is 4. The van der Waals surface area contributed by atoms with Gasteiger partial charge in [0.15, 0.2) is 0 Å². The van der Waals surface area contributed by atoms with Crippen LogP contribution in [0.25, 0.3) is 0 Å². The van der Waals surface area contributed by atoms with Gasteiger partial charge in [-0.25, -0.2) is 9.18 Å². The number of carbonyl (C=O) groups excluding carboxylic acids is 1. The number of esters is 1. The SMILES string of the molecule is Nc1ccc(C(=O)OC2CCOC3(CCCC3)C2)c(F)c1. The highest BCUT2D eigenvalue weighted by atomic mass is 19.1. The first-order valence-electron chi connectivity index (χ1n) is 7.48. The van der Waals surface area contributed by atoms with E-state index in [0.29, 0.717) is 18.7 Å². The van der Waals surface area contributed by atoms with E-state index in [4.69, 9.17) is 15.2 Å². The summed E-state index contributed by atoms with van der Waals surface area (Å²) in [6.45, 7) is 0.599. The molecule has 3 rings (SSSR count). The van der Waals surface area contributed by atoms with Crippen LogP contribution in [0, 0.1) is 5.82 Å². The van der Waals surface area contributed by atoms with E-state index >= 15 is 0 Å². The molecule has 1 unspecified atom stereocenters. The standard InChI is InChI=1S/C16H20FNO3/c17-14-9-11(18)3-4-13(14)15(19)21-12-5-8-20-16(10-12)6-1-2-7-16/h3-4,9,12H,1-2,5-8,10,18H2. The highest BCUT2D eigenvalue weighted by Gasteiger charge is 2.41. The Morgan fingerprint density at radius 2 is 2.14 bits per heavy atom. The van der Waals surface area contributed by atoms with Crippen LogP contribution in [-0.4, -0.2) is 24.3 Å². The van der Waals surface area contributed by atoms with Gasteiger partial charge in [0.25, 0.3) is 0 Å². The molecule has 114 valence electrons. The number of halogens is 1. The maximum atomic E-state index is 13.7. The molecule has 4 nitrogen and oxygen atoms in total.